The zero-order valence-corrected chi connectivity index (χ0v) is 17.3. The van der Waals surface area contributed by atoms with Crippen LogP contribution in [0, 0.1) is 11.7 Å². The lowest BCUT2D eigenvalue weighted by atomic mass is 9.98. The van der Waals surface area contributed by atoms with Crippen LogP contribution in [0.5, 0.6) is 0 Å². The van der Waals surface area contributed by atoms with Crippen LogP contribution in [0.25, 0.3) is 11.4 Å². The Morgan fingerprint density at radius 1 is 1.03 bits per heavy atom. The van der Waals surface area contributed by atoms with Gasteiger partial charge in [-0.25, -0.2) is 14.4 Å². The number of aromatic nitrogens is 2. The molecule has 3 heterocycles. The normalized spacial score (nSPS) is 20.7. The maximum atomic E-state index is 13.3. The molecule has 154 valence electrons. The molecule has 1 aromatic heterocycles. The standard InChI is InChI=1S/C23H29FN4O/c1-16-10-13-27(14-11-16)23(29)20-15-25-21(18-6-8-19(24)9-7-18)26-22(20)28-12-4-3-5-17(28)2/h6-9,15-17H,3-5,10-14H2,1-2H3/t17-/m1/s1. The highest BCUT2D eigenvalue weighted by atomic mass is 19.1. The second kappa shape index (κ2) is 8.47. The van der Waals surface area contributed by atoms with Gasteiger partial charge in [0.1, 0.15) is 17.2 Å². The maximum absolute atomic E-state index is 13.3. The molecule has 0 unspecified atom stereocenters. The first-order valence-electron chi connectivity index (χ1n) is 10.7. The van der Waals surface area contributed by atoms with Gasteiger partial charge in [0.05, 0.1) is 0 Å². The lowest BCUT2D eigenvalue weighted by molar-refractivity contribution is 0.0697. The van der Waals surface area contributed by atoms with E-state index in [-0.39, 0.29) is 11.7 Å². The summed E-state index contributed by atoms with van der Waals surface area (Å²) in [5.74, 6) is 1.65. The molecular weight excluding hydrogens is 367 g/mol. The van der Waals surface area contributed by atoms with E-state index in [1.807, 2.05) is 4.90 Å². The minimum Gasteiger partial charge on any atom is -0.353 e. The molecule has 4 rings (SSSR count). The van der Waals surface area contributed by atoms with Crippen LogP contribution in [0.1, 0.15) is 56.3 Å². The molecule has 2 fully saturated rings. The molecular formula is C23H29FN4O. The molecule has 0 aliphatic carbocycles. The number of amides is 1. The number of rotatable bonds is 3. The molecule has 2 aliphatic rings. The summed E-state index contributed by atoms with van der Waals surface area (Å²) in [5.41, 5.74) is 1.34. The summed E-state index contributed by atoms with van der Waals surface area (Å²) in [4.78, 5) is 26.8. The predicted molar refractivity (Wildman–Crippen MR) is 112 cm³/mol. The van der Waals surface area contributed by atoms with Crippen LogP contribution in [0.3, 0.4) is 0 Å². The highest BCUT2D eigenvalue weighted by molar-refractivity contribution is 5.99. The van der Waals surface area contributed by atoms with Crippen LogP contribution >= 0.6 is 0 Å². The van der Waals surface area contributed by atoms with Gasteiger partial charge in [0.25, 0.3) is 5.91 Å². The van der Waals surface area contributed by atoms with E-state index in [1.165, 1.54) is 18.6 Å². The van der Waals surface area contributed by atoms with Crippen molar-refractivity contribution in [2.24, 2.45) is 5.92 Å². The zero-order chi connectivity index (χ0) is 20.4. The number of piperidine rings is 2. The second-order valence-electron chi connectivity index (χ2n) is 8.45. The van der Waals surface area contributed by atoms with Crippen LogP contribution in [0.2, 0.25) is 0 Å². The van der Waals surface area contributed by atoms with Gasteiger partial charge in [0, 0.05) is 37.4 Å². The Labute approximate surface area is 172 Å². The van der Waals surface area contributed by atoms with Gasteiger partial charge in [0.15, 0.2) is 5.82 Å². The Hall–Kier alpha value is -2.50. The van der Waals surface area contributed by atoms with Crippen LogP contribution in [-0.2, 0) is 0 Å². The summed E-state index contributed by atoms with van der Waals surface area (Å²) in [7, 11) is 0. The summed E-state index contributed by atoms with van der Waals surface area (Å²) >= 11 is 0. The number of hydrogen-bond acceptors (Lipinski definition) is 4. The lowest BCUT2D eigenvalue weighted by Gasteiger charge is -2.36. The van der Waals surface area contributed by atoms with E-state index in [1.54, 1.807) is 18.3 Å². The third-order valence-corrected chi connectivity index (χ3v) is 6.25. The molecule has 0 N–H and O–H groups in total. The van der Waals surface area contributed by atoms with E-state index in [0.29, 0.717) is 23.3 Å². The van der Waals surface area contributed by atoms with Gasteiger partial charge >= 0.3 is 0 Å². The number of hydrogen-bond donors (Lipinski definition) is 0. The van der Waals surface area contributed by atoms with Crippen molar-refractivity contribution in [2.75, 3.05) is 24.5 Å². The Morgan fingerprint density at radius 3 is 2.45 bits per heavy atom. The van der Waals surface area contributed by atoms with Crippen molar-refractivity contribution in [3.8, 4) is 11.4 Å². The van der Waals surface area contributed by atoms with Crippen LogP contribution in [-0.4, -0.2) is 46.5 Å². The summed E-state index contributed by atoms with van der Waals surface area (Å²) < 4.78 is 13.3. The number of carbonyl (C=O) groups is 1. The molecule has 6 heteroatoms. The molecule has 0 bridgehead atoms. The molecule has 0 spiro atoms. The van der Waals surface area contributed by atoms with Gasteiger partial charge < -0.3 is 9.80 Å². The third kappa shape index (κ3) is 4.26. The second-order valence-corrected chi connectivity index (χ2v) is 8.45. The fraction of sp³-hybridized carbons (Fsp3) is 0.522. The van der Waals surface area contributed by atoms with Gasteiger partial charge in [-0.05, 0) is 69.2 Å². The quantitative estimate of drug-likeness (QED) is 0.765. The minimum atomic E-state index is -0.287. The smallest absolute Gasteiger partial charge is 0.259 e. The van der Waals surface area contributed by atoms with Crippen molar-refractivity contribution in [3.63, 3.8) is 0 Å². The maximum Gasteiger partial charge on any atom is 0.259 e. The predicted octanol–water partition coefficient (Wildman–Crippen LogP) is 4.53. The SMILES string of the molecule is CC1CCN(C(=O)c2cnc(-c3ccc(F)cc3)nc2N2CCCC[C@H]2C)CC1. The first-order chi connectivity index (χ1) is 14.0. The van der Waals surface area contributed by atoms with E-state index in [4.69, 9.17) is 4.98 Å². The molecule has 2 aliphatic heterocycles. The molecule has 1 aromatic carbocycles. The lowest BCUT2D eigenvalue weighted by Crippen LogP contribution is -2.42. The molecule has 29 heavy (non-hydrogen) atoms. The summed E-state index contributed by atoms with van der Waals surface area (Å²) in [6.07, 6.45) is 7.12. The Balaban J connectivity index is 1.71. The number of benzene rings is 1. The van der Waals surface area contributed by atoms with E-state index < -0.39 is 0 Å². The molecule has 2 aromatic rings. The highest BCUT2D eigenvalue weighted by Crippen LogP contribution is 2.30. The molecule has 1 atom stereocenters. The Kier molecular flexibility index (Phi) is 5.79. The van der Waals surface area contributed by atoms with Crippen molar-refractivity contribution in [1.29, 1.82) is 0 Å². The molecule has 2 saturated heterocycles. The number of anilines is 1. The zero-order valence-electron chi connectivity index (χ0n) is 17.3. The van der Waals surface area contributed by atoms with E-state index in [0.717, 1.165) is 56.7 Å². The van der Waals surface area contributed by atoms with Crippen molar-refractivity contribution in [2.45, 2.75) is 52.0 Å². The summed E-state index contributed by atoms with van der Waals surface area (Å²) in [5, 5.41) is 0. The van der Waals surface area contributed by atoms with Crippen LogP contribution in [0.15, 0.2) is 30.5 Å². The van der Waals surface area contributed by atoms with Crippen LogP contribution < -0.4 is 4.90 Å². The summed E-state index contributed by atoms with van der Waals surface area (Å²) in [6.45, 7) is 6.89. The van der Waals surface area contributed by atoms with Gasteiger partial charge in [-0.2, -0.15) is 0 Å². The number of halogens is 1. The highest BCUT2D eigenvalue weighted by Gasteiger charge is 2.29. The van der Waals surface area contributed by atoms with Crippen molar-refractivity contribution >= 4 is 11.7 Å². The number of carbonyl (C=O) groups excluding carboxylic acids is 1. The Bertz CT molecular complexity index is 862. The van der Waals surface area contributed by atoms with E-state index in [9.17, 15) is 9.18 Å². The van der Waals surface area contributed by atoms with Crippen molar-refractivity contribution in [3.05, 3.63) is 41.8 Å². The average Bonchev–Trinajstić information content (AvgIpc) is 2.74. The largest absolute Gasteiger partial charge is 0.353 e. The van der Waals surface area contributed by atoms with Gasteiger partial charge in [-0.15, -0.1) is 0 Å². The first-order valence-corrected chi connectivity index (χ1v) is 10.7. The van der Waals surface area contributed by atoms with E-state index >= 15 is 0 Å². The van der Waals surface area contributed by atoms with Crippen LogP contribution in [0.4, 0.5) is 10.2 Å². The topological polar surface area (TPSA) is 49.3 Å². The molecule has 0 saturated carbocycles. The minimum absolute atomic E-state index is 0.0235. The average molecular weight is 397 g/mol. The fourth-order valence-corrected chi connectivity index (χ4v) is 4.28. The first kappa shape index (κ1) is 19.8. The molecule has 0 radical (unpaired) electrons. The third-order valence-electron chi connectivity index (χ3n) is 6.25. The fourth-order valence-electron chi connectivity index (χ4n) is 4.28. The number of nitrogens with zero attached hydrogens (tertiary/aromatic N) is 4. The number of likely N-dealkylation sites (tertiary alicyclic amines) is 1. The van der Waals surface area contributed by atoms with Gasteiger partial charge in [-0.1, -0.05) is 6.92 Å². The molecule has 5 nitrogen and oxygen atoms in total. The Morgan fingerprint density at radius 2 is 1.76 bits per heavy atom. The molecule has 1 amide bonds. The van der Waals surface area contributed by atoms with Gasteiger partial charge in [-0.3, -0.25) is 4.79 Å². The van der Waals surface area contributed by atoms with E-state index in [2.05, 4.69) is 23.7 Å². The van der Waals surface area contributed by atoms with Crippen molar-refractivity contribution < 1.29 is 9.18 Å². The van der Waals surface area contributed by atoms with Crippen molar-refractivity contribution in [1.82, 2.24) is 14.9 Å². The monoisotopic (exact) mass is 396 g/mol. The van der Waals surface area contributed by atoms with Gasteiger partial charge in [0.2, 0.25) is 0 Å². The summed E-state index contributed by atoms with van der Waals surface area (Å²) in [6, 6.07) is 6.52.